The molecule has 4 heteroatoms. The highest BCUT2D eigenvalue weighted by molar-refractivity contribution is 7.92. The van der Waals surface area contributed by atoms with Crippen LogP contribution >= 0.6 is 0 Å². The summed E-state index contributed by atoms with van der Waals surface area (Å²) in [6.07, 6.45) is 2.73. The van der Waals surface area contributed by atoms with Gasteiger partial charge in [0.15, 0.2) is 9.84 Å². The third kappa shape index (κ3) is 2.69. The average molecular weight is 253 g/mol. The molecule has 0 spiro atoms. The SMILES string of the molecule is C=CCc1c(N)cccc1S(=O)(=O)C(C)CC. The lowest BCUT2D eigenvalue weighted by Gasteiger charge is -2.15. The van der Waals surface area contributed by atoms with Gasteiger partial charge in [-0.25, -0.2) is 8.42 Å². The van der Waals surface area contributed by atoms with Crippen molar-refractivity contribution in [1.29, 1.82) is 0 Å². The summed E-state index contributed by atoms with van der Waals surface area (Å²) in [5.41, 5.74) is 7.00. The van der Waals surface area contributed by atoms with Gasteiger partial charge >= 0.3 is 0 Å². The molecule has 0 amide bonds. The van der Waals surface area contributed by atoms with Crippen LogP contribution in [0, 0.1) is 0 Å². The summed E-state index contributed by atoms with van der Waals surface area (Å²) in [7, 11) is -3.29. The Morgan fingerprint density at radius 2 is 2.12 bits per heavy atom. The zero-order valence-corrected chi connectivity index (χ0v) is 11.1. The minimum atomic E-state index is -3.29. The first-order valence-corrected chi connectivity index (χ1v) is 7.21. The molecule has 0 aliphatic heterocycles. The fraction of sp³-hybridized carbons (Fsp3) is 0.385. The number of hydrogen-bond acceptors (Lipinski definition) is 3. The van der Waals surface area contributed by atoms with E-state index in [1.54, 1.807) is 31.2 Å². The second kappa shape index (κ2) is 5.36. The third-order valence-corrected chi connectivity index (χ3v) is 5.32. The van der Waals surface area contributed by atoms with Crippen molar-refractivity contribution >= 4 is 15.5 Å². The highest BCUT2D eigenvalue weighted by atomic mass is 32.2. The zero-order valence-electron chi connectivity index (χ0n) is 10.3. The Labute approximate surface area is 103 Å². The van der Waals surface area contributed by atoms with Crippen molar-refractivity contribution in [1.82, 2.24) is 0 Å². The Morgan fingerprint density at radius 3 is 2.65 bits per heavy atom. The summed E-state index contributed by atoms with van der Waals surface area (Å²) >= 11 is 0. The summed E-state index contributed by atoms with van der Waals surface area (Å²) in [5, 5.41) is -0.395. The molecule has 1 aromatic rings. The second-order valence-electron chi connectivity index (χ2n) is 4.08. The molecule has 1 rings (SSSR count). The predicted octanol–water partition coefficient (Wildman–Crippen LogP) is 2.57. The van der Waals surface area contributed by atoms with Crippen molar-refractivity contribution in [3.8, 4) is 0 Å². The molecule has 0 aliphatic carbocycles. The van der Waals surface area contributed by atoms with E-state index in [0.29, 0.717) is 29.0 Å². The van der Waals surface area contributed by atoms with Crippen molar-refractivity contribution in [2.45, 2.75) is 36.8 Å². The van der Waals surface area contributed by atoms with Crippen LogP contribution in [0.2, 0.25) is 0 Å². The van der Waals surface area contributed by atoms with E-state index >= 15 is 0 Å². The number of allylic oxidation sites excluding steroid dienone is 1. The van der Waals surface area contributed by atoms with Gasteiger partial charge < -0.3 is 5.73 Å². The first-order valence-electron chi connectivity index (χ1n) is 5.67. The van der Waals surface area contributed by atoms with Crippen molar-refractivity contribution in [3.05, 3.63) is 36.4 Å². The van der Waals surface area contributed by atoms with E-state index < -0.39 is 15.1 Å². The molecule has 0 aromatic heterocycles. The van der Waals surface area contributed by atoms with E-state index in [1.165, 1.54) is 0 Å². The molecular formula is C13H19NO2S. The molecule has 3 nitrogen and oxygen atoms in total. The number of hydrogen-bond donors (Lipinski definition) is 1. The van der Waals surface area contributed by atoms with Crippen molar-refractivity contribution in [3.63, 3.8) is 0 Å². The molecule has 0 bridgehead atoms. The smallest absolute Gasteiger partial charge is 0.181 e. The van der Waals surface area contributed by atoms with Gasteiger partial charge in [0.2, 0.25) is 0 Å². The van der Waals surface area contributed by atoms with E-state index in [4.69, 9.17) is 5.73 Å². The van der Waals surface area contributed by atoms with Gasteiger partial charge in [0.1, 0.15) is 0 Å². The molecule has 1 atom stereocenters. The molecule has 2 N–H and O–H groups in total. The van der Waals surface area contributed by atoms with Crippen LogP contribution in [-0.4, -0.2) is 13.7 Å². The van der Waals surface area contributed by atoms with Gasteiger partial charge in [-0.3, -0.25) is 0 Å². The summed E-state index contributed by atoms with van der Waals surface area (Å²) in [6, 6.07) is 5.02. The summed E-state index contributed by atoms with van der Waals surface area (Å²) in [5.74, 6) is 0. The largest absolute Gasteiger partial charge is 0.398 e. The van der Waals surface area contributed by atoms with Gasteiger partial charge in [-0.2, -0.15) is 0 Å². The molecule has 1 unspecified atom stereocenters. The Kier molecular flexibility index (Phi) is 4.34. The van der Waals surface area contributed by atoms with E-state index in [1.807, 2.05) is 6.92 Å². The summed E-state index contributed by atoms with van der Waals surface area (Å²) in [4.78, 5) is 0.340. The van der Waals surface area contributed by atoms with Gasteiger partial charge in [-0.05, 0) is 37.5 Å². The highest BCUT2D eigenvalue weighted by Gasteiger charge is 2.24. The molecule has 1 aromatic carbocycles. The zero-order chi connectivity index (χ0) is 13.1. The van der Waals surface area contributed by atoms with Gasteiger partial charge in [0.05, 0.1) is 10.1 Å². The maximum absolute atomic E-state index is 12.3. The maximum Gasteiger partial charge on any atom is 0.181 e. The topological polar surface area (TPSA) is 60.2 Å². The van der Waals surface area contributed by atoms with Gasteiger partial charge in [-0.1, -0.05) is 19.1 Å². The highest BCUT2D eigenvalue weighted by Crippen LogP contribution is 2.26. The van der Waals surface area contributed by atoms with Gasteiger partial charge in [0.25, 0.3) is 0 Å². The van der Waals surface area contributed by atoms with E-state index in [2.05, 4.69) is 6.58 Å². The molecular weight excluding hydrogens is 234 g/mol. The van der Waals surface area contributed by atoms with E-state index in [-0.39, 0.29) is 0 Å². The lowest BCUT2D eigenvalue weighted by atomic mass is 10.1. The first-order chi connectivity index (χ1) is 7.95. The normalized spacial score (nSPS) is 13.3. The average Bonchev–Trinajstić information content (AvgIpc) is 2.30. The van der Waals surface area contributed by atoms with Crippen LogP contribution in [0.4, 0.5) is 5.69 Å². The van der Waals surface area contributed by atoms with Crippen LogP contribution in [0.1, 0.15) is 25.8 Å². The lowest BCUT2D eigenvalue weighted by Crippen LogP contribution is -2.19. The van der Waals surface area contributed by atoms with Gasteiger partial charge in [-0.15, -0.1) is 6.58 Å². The Morgan fingerprint density at radius 1 is 1.47 bits per heavy atom. The van der Waals surface area contributed by atoms with Crippen LogP contribution in [0.5, 0.6) is 0 Å². The quantitative estimate of drug-likeness (QED) is 0.648. The maximum atomic E-state index is 12.3. The standard InChI is InChI=1S/C13H19NO2S/c1-4-7-11-12(14)8-6-9-13(11)17(15,16)10(3)5-2/h4,6,8-10H,1,5,7,14H2,2-3H3. The number of rotatable bonds is 5. The first kappa shape index (κ1) is 13.8. The van der Waals surface area contributed by atoms with Crippen LogP contribution < -0.4 is 5.73 Å². The van der Waals surface area contributed by atoms with Gasteiger partial charge in [0, 0.05) is 5.69 Å². The van der Waals surface area contributed by atoms with Crippen LogP contribution in [0.25, 0.3) is 0 Å². The minimum Gasteiger partial charge on any atom is -0.398 e. The number of sulfone groups is 1. The van der Waals surface area contributed by atoms with Crippen LogP contribution in [0.15, 0.2) is 35.7 Å². The molecule has 94 valence electrons. The van der Waals surface area contributed by atoms with Crippen molar-refractivity contribution in [2.24, 2.45) is 0 Å². The number of anilines is 1. The molecule has 0 aliphatic rings. The monoisotopic (exact) mass is 253 g/mol. The van der Waals surface area contributed by atoms with Crippen molar-refractivity contribution in [2.75, 3.05) is 5.73 Å². The minimum absolute atomic E-state index is 0.340. The van der Waals surface area contributed by atoms with Crippen LogP contribution in [0.3, 0.4) is 0 Å². The number of nitrogens with two attached hydrogens (primary N) is 1. The second-order valence-corrected chi connectivity index (χ2v) is 6.42. The van der Waals surface area contributed by atoms with Crippen molar-refractivity contribution < 1.29 is 8.42 Å². The van der Waals surface area contributed by atoms with E-state index in [9.17, 15) is 8.42 Å². The Hall–Kier alpha value is -1.29. The fourth-order valence-electron chi connectivity index (χ4n) is 1.65. The molecule has 17 heavy (non-hydrogen) atoms. The predicted molar refractivity (Wildman–Crippen MR) is 71.7 cm³/mol. The molecule has 0 heterocycles. The number of benzene rings is 1. The van der Waals surface area contributed by atoms with E-state index in [0.717, 1.165) is 0 Å². The Balaban J connectivity index is 3.41. The molecule has 0 fully saturated rings. The van der Waals surface area contributed by atoms with Crippen LogP contribution in [-0.2, 0) is 16.3 Å². The molecule has 0 saturated heterocycles. The summed E-state index contributed by atoms with van der Waals surface area (Å²) < 4.78 is 24.6. The Bertz CT molecular complexity index is 506. The lowest BCUT2D eigenvalue weighted by molar-refractivity contribution is 0.580. The third-order valence-electron chi connectivity index (χ3n) is 2.93. The number of nitrogen functional groups attached to an aromatic ring is 1. The summed E-state index contributed by atoms with van der Waals surface area (Å²) in [6.45, 7) is 7.22. The molecule has 0 radical (unpaired) electrons. The fourth-order valence-corrected chi connectivity index (χ4v) is 3.33. The molecule has 0 saturated carbocycles.